The van der Waals surface area contributed by atoms with Gasteiger partial charge in [0.2, 0.25) is 0 Å². The molecule has 1 heterocycles. The lowest BCUT2D eigenvalue weighted by molar-refractivity contribution is 0.351. The van der Waals surface area contributed by atoms with Gasteiger partial charge >= 0.3 is 0 Å². The van der Waals surface area contributed by atoms with E-state index in [2.05, 4.69) is 12.2 Å². The molecule has 0 radical (unpaired) electrons. The molecule has 0 amide bonds. The topological polar surface area (TPSA) is 21.3 Å². The van der Waals surface area contributed by atoms with E-state index in [1.54, 1.807) is 6.07 Å². The molecule has 1 aliphatic rings. The third-order valence-corrected chi connectivity index (χ3v) is 3.13. The molecular weight excluding hydrogens is 273 g/mol. The number of ether oxygens (including phenoxy) is 1. The minimum absolute atomic E-state index is 0. The molecule has 0 aliphatic carbocycles. The standard InChI is InChI=1S/C12H16FNO.BrH/c1-12(7-4-8-14-12)9-5-3-6-10(13)11(9)15-2;/h3,5-6,14H,4,7-8H2,1-2H3;1H. The van der Waals surface area contributed by atoms with Gasteiger partial charge in [0.05, 0.1) is 7.11 Å². The highest BCUT2D eigenvalue weighted by molar-refractivity contribution is 8.93. The lowest BCUT2D eigenvalue weighted by atomic mass is 9.89. The van der Waals surface area contributed by atoms with Crippen LogP contribution in [0.1, 0.15) is 25.3 Å². The van der Waals surface area contributed by atoms with Gasteiger partial charge in [-0.25, -0.2) is 4.39 Å². The fourth-order valence-electron chi connectivity index (χ4n) is 2.28. The lowest BCUT2D eigenvalue weighted by Crippen LogP contribution is -2.33. The molecule has 2 nitrogen and oxygen atoms in total. The molecule has 0 bridgehead atoms. The van der Waals surface area contributed by atoms with Crippen molar-refractivity contribution in [2.24, 2.45) is 0 Å². The number of hydrogen-bond acceptors (Lipinski definition) is 2. The maximum absolute atomic E-state index is 13.5. The first-order valence-corrected chi connectivity index (χ1v) is 5.25. The molecule has 1 fully saturated rings. The Balaban J connectivity index is 0.00000128. The number of nitrogens with one attached hydrogen (secondary N) is 1. The van der Waals surface area contributed by atoms with Crippen molar-refractivity contribution in [3.63, 3.8) is 0 Å². The predicted molar refractivity (Wildman–Crippen MR) is 67.9 cm³/mol. The monoisotopic (exact) mass is 289 g/mol. The van der Waals surface area contributed by atoms with Crippen LogP contribution < -0.4 is 10.1 Å². The van der Waals surface area contributed by atoms with Crippen molar-refractivity contribution >= 4 is 17.0 Å². The van der Waals surface area contributed by atoms with Gasteiger partial charge in [0.25, 0.3) is 0 Å². The zero-order valence-corrected chi connectivity index (χ0v) is 11.3. The Morgan fingerprint density at radius 3 is 2.75 bits per heavy atom. The quantitative estimate of drug-likeness (QED) is 0.904. The summed E-state index contributed by atoms with van der Waals surface area (Å²) >= 11 is 0. The highest BCUT2D eigenvalue weighted by Gasteiger charge is 2.33. The predicted octanol–water partition coefficient (Wildman–Crippen LogP) is 3.01. The Bertz CT molecular complexity index is 364. The van der Waals surface area contributed by atoms with Crippen molar-refractivity contribution in [2.45, 2.75) is 25.3 Å². The molecule has 1 N–H and O–H groups in total. The second-order valence-electron chi connectivity index (χ2n) is 4.18. The Hall–Kier alpha value is -0.610. The molecule has 0 spiro atoms. The fraction of sp³-hybridized carbons (Fsp3) is 0.500. The summed E-state index contributed by atoms with van der Waals surface area (Å²) in [5.41, 5.74) is 0.774. The maximum atomic E-state index is 13.5. The number of benzene rings is 1. The van der Waals surface area contributed by atoms with E-state index in [9.17, 15) is 4.39 Å². The van der Waals surface area contributed by atoms with Gasteiger partial charge in [0.15, 0.2) is 11.6 Å². The molecule has 0 aromatic heterocycles. The van der Waals surface area contributed by atoms with E-state index in [0.29, 0.717) is 5.75 Å². The van der Waals surface area contributed by atoms with E-state index in [0.717, 1.165) is 24.9 Å². The van der Waals surface area contributed by atoms with Gasteiger partial charge in [0, 0.05) is 11.1 Å². The van der Waals surface area contributed by atoms with Crippen molar-refractivity contribution in [1.29, 1.82) is 0 Å². The van der Waals surface area contributed by atoms with E-state index in [1.807, 2.05) is 6.07 Å². The van der Waals surface area contributed by atoms with Crippen LogP contribution in [0.15, 0.2) is 18.2 Å². The summed E-state index contributed by atoms with van der Waals surface area (Å²) in [6.07, 6.45) is 2.14. The molecular formula is C12H17BrFNO. The second kappa shape index (κ2) is 5.15. The molecule has 1 aliphatic heterocycles. The van der Waals surface area contributed by atoms with Crippen LogP contribution in [0.5, 0.6) is 5.75 Å². The fourth-order valence-corrected chi connectivity index (χ4v) is 2.28. The van der Waals surface area contributed by atoms with Crippen LogP contribution in [0, 0.1) is 5.82 Å². The summed E-state index contributed by atoms with van der Waals surface area (Å²) < 4.78 is 18.7. The van der Waals surface area contributed by atoms with Crippen LogP contribution >= 0.6 is 17.0 Å². The highest BCUT2D eigenvalue weighted by atomic mass is 79.9. The maximum Gasteiger partial charge on any atom is 0.165 e. The molecule has 1 atom stereocenters. The van der Waals surface area contributed by atoms with E-state index in [1.165, 1.54) is 13.2 Å². The van der Waals surface area contributed by atoms with Crippen molar-refractivity contribution < 1.29 is 9.13 Å². The number of methoxy groups -OCH3 is 1. The molecule has 1 unspecified atom stereocenters. The smallest absolute Gasteiger partial charge is 0.165 e. The minimum atomic E-state index is -0.287. The first-order chi connectivity index (χ1) is 7.17. The van der Waals surface area contributed by atoms with Crippen LogP contribution in [-0.4, -0.2) is 13.7 Å². The first-order valence-electron chi connectivity index (χ1n) is 5.25. The van der Waals surface area contributed by atoms with E-state index >= 15 is 0 Å². The third-order valence-electron chi connectivity index (χ3n) is 3.13. The van der Waals surface area contributed by atoms with Gasteiger partial charge in [-0.05, 0) is 32.4 Å². The average molecular weight is 290 g/mol. The van der Waals surface area contributed by atoms with Crippen LogP contribution in [0.2, 0.25) is 0 Å². The molecule has 2 rings (SSSR count). The van der Waals surface area contributed by atoms with Crippen LogP contribution in [-0.2, 0) is 5.54 Å². The van der Waals surface area contributed by atoms with Crippen LogP contribution in [0.25, 0.3) is 0 Å². The van der Waals surface area contributed by atoms with Crippen molar-refractivity contribution in [1.82, 2.24) is 5.32 Å². The average Bonchev–Trinajstić information content (AvgIpc) is 2.66. The molecule has 16 heavy (non-hydrogen) atoms. The number of rotatable bonds is 2. The van der Waals surface area contributed by atoms with E-state index in [4.69, 9.17) is 4.74 Å². The number of para-hydroxylation sites is 1. The SMILES string of the molecule is Br.COc1c(F)cccc1C1(C)CCCN1. The normalized spacial score (nSPS) is 23.9. The zero-order valence-electron chi connectivity index (χ0n) is 9.55. The Morgan fingerprint density at radius 2 is 2.19 bits per heavy atom. The van der Waals surface area contributed by atoms with Crippen molar-refractivity contribution in [3.8, 4) is 5.75 Å². The summed E-state index contributed by atoms with van der Waals surface area (Å²) in [5.74, 6) is 0.0827. The lowest BCUT2D eigenvalue weighted by Gasteiger charge is -2.27. The molecule has 4 heteroatoms. The third kappa shape index (κ3) is 2.23. The zero-order chi connectivity index (χ0) is 10.9. The summed E-state index contributed by atoms with van der Waals surface area (Å²) in [6, 6.07) is 5.10. The van der Waals surface area contributed by atoms with E-state index < -0.39 is 0 Å². The largest absolute Gasteiger partial charge is 0.493 e. The highest BCUT2D eigenvalue weighted by Crippen LogP contribution is 2.37. The first kappa shape index (κ1) is 13.5. The molecule has 1 aromatic rings. The van der Waals surface area contributed by atoms with E-state index in [-0.39, 0.29) is 28.3 Å². The van der Waals surface area contributed by atoms with Crippen LogP contribution in [0.4, 0.5) is 4.39 Å². The van der Waals surface area contributed by atoms with Gasteiger partial charge in [0.1, 0.15) is 0 Å². The number of hydrogen-bond donors (Lipinski definition) is 1. The minimum Gasteiger partial charge on any atom is -0.493 e. The molecule has 0 saturated carbocycles. The molecule has 1 aromatic carbocycles. The Morgan fingerprint density at radius 1 is 1.44 bits per heavy atom. The van der Waals surface area contributed by atoms with Gasteiger partial charge in [-0.1, -0.05) is 12.1 Å². The molecule has 1 saturated heterocycles. The van der Waals surface area contributed by atoms with Gasteiger partial charge in [-0.15, -0.1) is 17.0 Å². The van der Waals surface area contributed by atoms with Crippen LogP contribution in [0.3, 0.4) is 0 Å². The van der Waals surface area contributed by atoms with Gasteiger partial charge in [-0.3, -0.25) is 0 Å². The van der Waals surface area contributed by atoms with Gasteiger partial charge in [-0.2, -0.15) is 0 Å². The summed E-state index contributed by atoms with van der Waals surface area (Å²) in [6.45, 7) is 3.08. The summed E-state index contributed by atoms with van der Waals surface area (Å²) in [7, 11) is 1.51. The molecule has 90 valence electrons. The van der Waals surface area contributed by atoms with Crippen molar-refractivity contribution in [2.75, 3.05) is 13.7 Å². The van der Waals surface area contributed by atoms with Crippen molar-refractivity contribution in [3.05, 3.63) is 29.6 Å². The second-order valence-corrected chi connectivity index (χ2v) is 4.18. The Kier molecular flexibility index (Phi) is 4.33. The Labute approximate surface area is 106 Å². The summed E-state index contributed by atoms with van der Waals surface area (Å²) in [4.78, 5) is 0. The summed E-state index contributed by atoms with van der Waals surface area (Å²) in [5, 5.41) is 3.40. The number of halogens is 2. The van der Waals surface area contributed by atoms with Gasteiger partial charge < -0.3 is 10.1 Å².